The monoisotopic (exact) mass is 369 g/mol. The second kappa shape index (κ2) is 8.14. The van der Waals surface area contributed by atoms with Gasteiger partial charge in [0.1, 0.15) is 5.82 Å². The van der Waals surface area contributed by atoms with E-state index in [0.29, 0.717) is 11.0 Å². The Labute approximate surface area is 136 Å². The number of thiophene rings is 1. The first-order valence-corrected chi connectivity index (χ1v) is 8.34. The molecule has 0 saturated heterocycles. The summed E-state index contributed by atoms with van der Waals surface area (Å²) in [4.78, 5) is 5.72. The molecule has 0 radical (unpaired) electrons. The molecule has 112 valence electrons. The van der Waals surface area contributed by atoms with Gasteiger partial charge in [-0.2, -0.15) is 0 Å². The van der Waals surface area contributed by atoms with Crippen LogP contribution in [0.5, 0.6) is 0 Å². The van der Waals surface area contributed by atoms with Crippen LogP contribution in [-0.4, -0.2) is 12.5 Å². The van der Waals surface area contributed by atoms with Crippen molar-refractivity contribution >= 4 is 33.2 Å². The first-order valence-electron chi connectivity index (χ1n) is 6.67. The molecule has 0 bridgehead atoms. The number of nitrogens with one attached hydrogen (secondary N) is 2. The highest BCUT2D eigenvalue weighted by atomic mass is 79.9. The Morgan fingerprint density at radius 3 is 2.86 bits per heavy atom. The normalized spacial score (nSPS) is 11.5. The van der Waals surface area contributed by atoms with Gasteiger partial charge in [-0.05, 0) is 52.0 Å². The molecule has 0 unspecified atom stereocenters. The van der Waals surface area contributed by atoms with Gasteiger partial charge in [-0.1, -0.05) is 12.1 Å². The fourth-order valence-electron chi connectivity index (χ4n) is 1.73. The molecule has 0 saturated carbocycles. The van der Waals surface area contributed by atoms with E-state index in [1.165, 1.54) is 10.9 Å². The van der Waals surface area contributed by atoms with Gasteiger partial charge in [0.25, 0.3) is 0 Å². The molecule has 6 heteroatoms. The van der Waals surface area contributed by atoms with Crippen LogP contribution in [0.2, 0.25) is 0 Å². The van der Waals surface area contributed by atoms with Crippen LogP contribution in [0.25, 0.3) is 0 Å². The summed E-state index contributed by atoms with van der Waals surface area (Å²) in [5.74, 6) is 0.466. The van der Waals surface area contributed by atoms with E-state index in [9.17, 15) is 4.39 Å². The van der Waals surface area contributed by atoms with E-state index in [4.69, 9.17) is 0 Å². The molecular weight excluding hydrogens is 353 g/mol. The highest BCUT2D eigenvalue weighted by molar-refractivity contribution is 9.10. The van der Waals surface area contributed by atoms with E-state index in [1.54, 1.807) is 17.4 Å². The average Bonchev–Trinajstić information content (AvgIpc) is 2.99. The summed E-state index contributed by atoms with van der Waals surface area (Å²) >= 11 is 4.85. The lowest BCUT2D eigenvalue weighted by molar-refractivity contribution is 0.618. The van der Waals surface area contributed by atoms with Gasteiger partial charge < -0.3 is 10.6 Å². The first-order chi connectivity index (χ1) is 10.2. The van der Waals surface area contributed by atoms with Crippen molar-refractivity contribution in [2.24, 2.45) is 4.99 Å². The number of hydrogen-bond donors (Lipinski definition) is 2. The molecule has 2 rings (SSSR count). The Kier molecular flexibility index (Phi) is 6.20. The Morgan fingerprint density at radius 2 is 2.19 bits per heavy atom. The van der Waals surface area contributed by atoms with E-state index in [1.807, 2.05) is 24.4 Å². The average molecular weight is 370 g/mol. The van der Waals surface area contributed by atoms with Crippen molar-refractivity contribution in [3.63, 3.8) is 0 Å². The van der Waals surface area contributed by atoms with Crippen LogP contribution in [0.4, 0.5) is 4.39 Å². The molecule has 1 aromatic heterocycles. The quantitative estimate of drug-likeness (QED) is 0.619. The lowest BCUT2D eigenvalue weighted by Gasteiger charge is -2.10. The molecule has 1 aromatic carbocycles. The van der Waals surface area contributed by atoms with Crippen molar-refractivity contribution in [2.45, 2.75) is 20.0 Å². The Morgan fingerprint density at radius 1 is 1.33 bits per heavy atom. The molecule has 3 nitrogen and oxygen atoms in total. The Hall–Kier alpha value is -1.40. The minimum absolute atomic E-state index is 0.265. The highest BCUT2D eigenvalue weighted by Crippen LogP contribution is 2.16. The van der Waals surface area contributed by atoms with Crippen LogP contribution in [-0.2, 0) is 13.1 Å². The number of benzene rings is 1. The second-order valence-corrected chi connectivity index (χ2v) is 6.26. The van der Waals surface area contributed by atoms with E-state index in [-0.39, 0.29) is 5.82 Å². The molecule has 0 atom stereocenters. The predicted octanol–water partition coefficient (Wildman–Crippen LogP) is 3.91. The van der Waals surface area contributed by atoms with Crippen LogP contribution in [0.1, 0.15) is 17.4 Å². The summed E-state index contributed by atoms with van der Waals surface area (Å²) in [6.45, 7) is 3.97. The maximum absolute atomic E-state index is 13.5. The van der Waals surface area contributed by atoms with Crippen molar-refractivity contribution in [1.82, 2.24) is 10.6 Å². The van der Waals surface area contributed by atoms with Crippen LogP contribution in [0.3, 0.4) is 0 Å². The molecule has 2 N–H and O–H groups in total. The molecule has 2 aromatic rings. The second-order valence-electron chi connectivity index (χ2n) is 4.38. The van der Waals surface area contributed by atoms with E-state index >= 15 is 0 Å². The minimum atomic E-state index is -0.265. The van der Waals surface area contributed by atoms with Crippen molar-refractivity contribution in [1.29, 1.82) is 0 Å². The first kappa shape index (κ1) is 16.0. The molecule has 0 aliphatic heterocycles. The van der Waals surface area contributed by atoms with Gasteiger partial charge in [-0.25, -0.2) is 9.38 Å². The third-order valence-electron chi connectivity index (χ3n) is 2.76. The van der Waals surface area contributed by atoms with Gasteiger partial charge in [0.05, 0.1) is 17.6 Å². The van der Waals surface area contributed by atoms with E-state index in [0.717, 1.165) is 24.6 Å². The molecule has 0 spiro atoms. The van der Waals surface area contributed by atoms with Gasteiger partial charge >= 0.3 is 0 Å². The number of guanidine groups is 1. The smallest absolute Gasteiger partial charge is 0.191 e. The summed E-state index contributed by atoms with van der Waals surface area (Å²) in [6.07, 6.45) is 0. The Bertz CT molecular complexity index is 599. The molecule has 0 aliphatic carbocycles. The minimum Gasteiger partial charge on any atom is -0.357 e. The van der Waals surface area contributed by atoms with Gasteiger partial charge in [0.15, 0.2) is 5.96 Å². The van der Waals surface area contributed by atoms with E-state index in [2.05, 4.69) is 37.6 Å². The van der Waals surface area contributed by atoms with Crippen molar-refractivity contribution in [3.8, 4) is 0 Å². The van der Waals surface area contributed by atoms with Crippen LogP contribution in [0, 0.1) is 5.82 Å². The number of rotatable bonds is 5. The molecule has 21 heavy (non-hydrogen) atoms. The largest absolute Gasteiger partial charge is 0.357 e. The lowest BCUT2D eigenvalue weighted by atomic mass is 10.2. The SMILES string of the molecule is CCNC(=NCc1ccc(Br)c(F)c1)NCc1cccs1. The highest BCUT2D eigenvalue weighted by Gasteiger charge is 2.02. The van der Waals surface area contributed by atoms with Gasteiger partial charge in [-0.15, -0.1) is 11.3 Å². The molecule has 0 amide bonds. The summed E-state index contributed by atoms with van der Waals surface area (Å²) in [5.41, 5.74) is 0.837. The molecule has 0 fully saturated rings. The molecular formula is C15H17BrFN3S. The number of hydrogen-bond acceptors (Lipinski definition) is 2. The molecule has 1 heterocycles. The third kappa shape index (κ3) is 5.13. The summed E-state index contributed by atoms with van der Waals surface area (Å²) in [6, 6.07) is 9.16. The van der Waals surface area contributed by atoms with Crippen molar-refractivity contribution in [3.05, 3.63) is 56.4 Å². The Balaban J connectivity index is 1.97. The zero-order valence-corrected chi connectivity index (χ0v) is 14.1. The van der Waals surface area contributed by atoms with Gasteiger partial charge in [0.2, 0.25) is 0 Å². The number of nitrogens with zero attached hydrogens (tertiary/aromatic N) is 1. The standard InChI is InChI=1S/C15H17BrFN3S/c1-2-18-15(20-10-12-4-3-7-21-12)19-9-11-5-6-13(16)14(17)8-11/h3-8H,2,9-10H2,1H3,(H2,18,19,20). The van der Waals surface area contributed by atoms with Gasteiger partial charge in [0, 0.05) is 11.4 Å². The number of halogens is 2. The summed E-state index contributed by atoms with van der Waals surface area (Å²) < 4.78 is 13.9. The zero-order chi connectivity index (χ0) is 15.1. The summed E-state index contributed by atoms with van der Waals surface area (Å²) in [7, 11) is 0. The zero-order valence-electron chi connectivity index (χ0n) is 11.7. The summed E-state index contributed by atoms with van der Waals surface area (Å²) in [5, 5.41) is 8.49. The topological polar surface area (TPSA) is 36.4 Å². The third-order valence-corrected chi connectivity index (χ3v) is 4.28. The van der Waals surface area contributed by atoms with Crippen LogP contribution < -0.4 is 10.6 Å². The molecule has 0 aliphatic rings. The fraction of sp³-hybridized carbons (Fsp3) is 0.267. The van der Waals surface area contributed by atoms with Crippen molar-refractivity contribution < 1.29 is 4.39 Å². The van der Waals surface area contributed by atoms with Crippen LogP contribution in [0.15, 0.2) is 45.2 Å². The van der Waals surface area contributed by atoms with Crippen molar-refractivity contribution in [2.75, 3.05) is 6.54 Å². The van der Waals surface area contributed by atoms with Crippen LogP contribution >= 0.6 is 27.3 Å². The van der Waals surface area contributed by atoms with Gasteiger partial charge in [-0.3, -0.25) is 0 Å². The number of aliphatic imine (C=N–C) groups is 1. The predicted molar refractivity (Wildman–Crippen MR) is 90.1 cm³/mol. The maximum atomic E-state index is 13.5. The van der Waals surface area contributed by atoms with E-state index < -0.39 is 0 Å². The lowest BCUT2D eigenvalue weighted by Crippen LogP contribution is -2.36. The fourth-order valence-corrected chi connectivity index (χ4v) is 2.63. The maximum Gasteiger partial charge on any atom is 0.191 e.